The molecule has 0 aliphatic heterocycles. The average Bonchev–Trinajstić information content (AvgIpc) is 3.04. The molecule has 1 amide bonds. The van der Waals surface area contributed by atoms with Crippen LogP contribution in [0.3, 0.4) is 0 Å². The molecule has 0 fully saturated rings. The van der Waals surface area contributed by atoms with Gasteiger partial charge >= 0.3 is 5.97 Å². The second kappa shape index (κ2) is 13.6. The fraction of sp³-hybridized carbons (Fsp3) is 0.188. The highest BCUT2D eigenvalue weighted by molar-refractivity contribution is 5.95. The molecule has 0 saturated carbocycles. The van der Waals surface area contributed by atoms with Gasteiger partial charge in [-0.1, -0.05) is 27.7 Å². The molecule has 5 N–H and O–H groups in total. The molecule has 0 aliphatic carbocycles. The van der Waals surface area contributed by atoms with Gasteiger partial charge in [0.05, 0.1) is 45.6 Å². The zero-order valence-corrected chi connectivity index (χ0v) is 25.5. The molecule has 46 heavy (non-hydrogen) atoms. The van der Waals surface area contributed by atoms with Gasteiger partial charge in [-0.15, -0.1) is 10.2 Å². The molecule has 6 aromatic heterocycles. The fourth-order valence-electron chi connectivity index (χ4n) is 4.18. The number of hydrogen-bond donors (Lipinski definition) is 4. The number of aromatic carboxylic acids is 1. The number of hydrogen-bond acceptors (Lipinski definition) is 12. The number of nitrogens with one attached hydrogen (secondary N) is 2. The second-order valence-corrected chi connectivity index (χ2v) is 10.9. The Balaban J connectivity index is 0.000000181. The van der Waals surface area contributed by atoms with E-state index in [1.807, 2.05) is 18.2 Å². The van der Waals surface area contributed by atoms with Crippen LogP contribution in [0.25, 0.3) is 22.1 Å². The number of pyridine rings is 4. The highest BCUT2D eigenvalue weighted by Gasteiger charge is 2.09. The predicted octanol–water partition coefficient (Wildman–Crippen LogP) is 5.37. The quantitative estimate of drug-likeness (QED) is 0.169. The lowest BCUT2D eigenvalue weighted by molar-refractivity contribution is 0.0696. The first-order chi connectivity index (χ1) is 22.0. The summed E-state index contributed by atoms with van der Waals surface area (Å²) in [6.07, 6.45) is 6.23. The molecule has 6 aromatic rings. The first-order valence-electron chi connectivity index (χ1n) is 14.3. The largest absolute Gasteiger partial charge is 0.478 e. The Hall–Kier alpha value is -6.18. The van der Waals surface area contributed by atoms with Gasteiger partial charge in [0.2, 0.25) is 5.91 Å². The SMILES string of the molecule is CC(C)c1cnnc(Nc2ccc3ncc(C(=O)O)cc3n2)c1.CC(C)c1cnnc(Nc2ccc3ncc(C(N)=O)cc3n2)c1. The smallest absolute Gasteiger partial charge is 0.337 e. The molecule has 0 saturated heterocycles. The van der Waals surface area contributed by atoms with E-state index in [1.165, 1.54) is 18.5 Å². The Labute approximate surface area is 263 Å². The number of nitrogens with two attached hydrogens (primary N) is 1. The Morgan fingerprint density at radius 1 is 0.630 bits per heavy atom. The summed E-state index contributed by atoms with van der Waals surface area (Å²) in [4.78, 5) is 39.3. The number of carbonyl (C=O) groups is 2. The van der Waals surface area contributed by atoms with Crippen LogP contribution in [0.2, 0.25) is 0 Å². The van der Waals surface area contributed by atoms with Gasteiger partial charge < -0.3 is 21.5 Å². The molecular weight excluding hydrogens is 586 g/mol. The Morgan fingerprint density at radius 2 is 1.09 bits per heavy atom. The molecule has 14 nitrogen and oxygen atoms in total. The summed E-state index contributed by atoms with van der Waals surface area (Å²) < 4.78 is 0. The van der Waals surface area contributed by atoms with Crippen molar-refractivity contribution in [3.05, 3.63) is 95.6 Å². The third kappa shape index (κ3) is 7.66. The van der Waals surface area contributed by atoms with Crippen LogP contribution in [-0.4, -0.2) is 57.3 Å². The maximum absolute atomic E-state index is 11.2. The molecule has 6 rings (SSSR count). The van der Waals surface area contributed by atoms with E-state index in [0.29, 0.717) is 62.7 Å². The molecule has 0 aliphatic rings. The number of carbonyl (C=O) groups excluding carboxylic acids is 1. The van der Waals surface area contributed by atoms with Gasteiger partial charge in [-0.05, 0) is 71.5 Å². The molecule has 0 aromatic carbocycles. The third-order valence-electron chi connectivity index (χ3n) is 6.80. The first-order valence-corrected chi connectivity index (χ1v) is 14.3. The predicted molar refractivity (Wildman–Crippen MR) is 173 cm³/mol. The number of carboxylic acid groups (broad SMARTS) is 1. The van der Waals surface area contributed by atoms with E-state index in [4.69, 9.17) is 10.8 Å². The van der Waals surface area contributed by atoms with Crippen molar-refractivity contribution in [2.75, 3.05) is 10.6 Å². The van der Waals surface area contributed by atoms with Crippen molar-refractivity contribution in [3.63, 3.8) is 0 Å². The van der Waals surface area contributed by atoms with E-state index in [1.54, 1.807) is 36.7 Å². The molecule has 14 heteroatoms. The van der Waals surface area contributed by atoms with Crippen LogP contribution in [0.4, 0.5) is 23.3 Å². The number of anilines is 4. The van der Waals surface area contributed by atoms with Crippen LogP contribution in [-0.2, 0) is 0 Å². The van der Waals surface area contributed by atoms with E-state index in [9.17, 15) is 9.59 Å². The summed E-state index contributed by atoms with van der Waals surface area (Å²) in [5.41, 5.74) is 10.2. The van der Waals surface area contributed by atoms with Crippen molar-refractivity contribution in [2.45, 2.75) is 39.5 Å². The molecule has 6 heterocycles. The lowest BCUT2D eigenvalue weighted by Gasteiger charge is -2.08. The molecule has 0 spiro atoms. The topological polar surface area (TPSA) is 208 Å². The summed E-state index contributed by atoms with van der Waals surface area (Å²) in [7, 11) is 0. The van der Waals surface area contributed by atoms with Gasteiger partial charge in [-0.25, -0.2) is 14.8 Å². The highest BCUT2D eigenvalue weighted by atomic mass is 16.4. The van der Waals surface area contributed by atoms with Gasteiger partial charge in [-0.3, -0.25) is 14.8 Å². The zero-order chi connectivity index (χ0) is 32.8. The van der Waals surface area contributed by atoms with Gasteiger partial charge in [-0.2, -0.15) is 10.2 Å². The third-order valence-corrected chi connectivity index (χ3v) is 6.80. The zero-order valence-electron chi connectivity index (χ0n) is 25.5. The molecule has 232 valence electrons. The first kappa shape index (κ1) is 31.3. The lowest BCUT2D eigenvalue weighted by atomic mass is 10.1. The van der Waals surface area contributed by atoms with E-state index in [2.05, 4.69) is 78.7 Å². The minimum Gasteiger partial charge on any atom is -0.478 e. The molecule has 0 unspecified atom stereocenters. The summed E-state index contributed by atoms with van der Waals surface area (Å²) >= 11 is 0. The second-order valence-electron chi connectivity index (χ2n) is 10.9. The van der Waals surface area contributed by atoms with Crippen molar-refractivity contribution in [1.82, 2.24) is 40.3 Å². The Bertz CT molecular complexity index is 1900. The number of rotatable bonds is 8. The number of amides is 1. The van der Waals surface area contributed by atoms with Crippen LogP contribution < -0.4 is 16.4 Å². The van der Waals surface area contributed by atoms with Crippen molar-refractivity contribution in [2.24, 2.45) is 5.73 Å². The highest BCUT2D eigenvalue weighted by Crippen LogP contribution is 2.22. The molecule has 0 atom stereocenters. The lowest BCUT2D eigenvalue weighted by Crippen LogP contribution is -2.11. The van der Waals surface area contributed by atoms with E-state index in [-0.39, 0.29) is 5.56 Å². The van der Waals surface area contributed by atoms with Crippen molar-refractivity contribution < 1.29 is 14.7 Å². The number of fused-ring (bicyclic) bond motifs is 2. The minimum absolute atomic E-state index is 0.101. The van der Waals surface area contributed by atoms with Crippen molar-refractivity contribution in [3.8, 4) is 0 Å². The summed E-state index contributed by atoms with van der Waals surface area (Å²) in [6.45, 7) is 8.33. The van der Waals surface area contributed by atoms with Crippen LogP contribution >= 0.6 is 0 Å². The van der Waals surface area contributed by atoms with Crippen LogP contribution in [0.15, 0.2) is 73.3 Å². The molecule has 0 radical (unpaired) electrons. The molecular formula is C32H31N11O3. The van der Waals surface area contributed by atoms with Crippen LogP contribution in [0, 0.1) is 0 Å². The Kier molecular flexibility index (Phi) is 9.26. The maximum atomic E-state index is 11.2. The van der Waals surface area contributed by atoms with E-state index >= 15 is 0 Å². The van der Waals surface area contributed by atoms with Gasteiger partial charge in [0.15, 0.2) is 11.6 Å². The number of primary amides is 1. The van der Waals surface area contributed by atoms with Crippen LogP contribution in [0.5, 0.6) is 0 Å². The fourth-order valence-corrected chi connectivity index (χ4v) is 4.18. The normalized spacial score (nSPS) is 10.9. The Morgan fingerprint density at radius 3 is 1.52 bits per heavy atom. The van der Waals surface area contributed by atoms with E-state index < -0.39 is 11.9 Å². The van der Waals surface area contributed by atoms with Crippen LogP contribution in [0.1, 0.15) is 71.4 Å². The van der Waals surface area contributed by atoms with Crippen molar-refractivity contribution >= 4 is 57.2 Å². The maximum Gasteiger partial charge on any atom is 0.337 e. The average molecular weight is 618 g/mol. The minimum atomic E-state index is -1.03. The van der Waals surface area contributed by atoms with Gasteiger partial charge in [0.25, 0.3) is 0 Å². The van der Waals surface area contributed by atoms with Crippen molar-refractivity contribution in [1.29, 1.82) is 0 Å². The number of carboxylic acids is 1. The number of nitrogens with zero attached hydrogens (tertiary/aromatic N) is 8. The van der Waals surface area contributed by atoms with Gasteiger partial charge in [0, 0.05) is 12.4 Å². The summed E-state index contributed by atoms with van der Waals surface area (Å²) in [5, 5.41) is 31.3. The summed E-state index contributed by atoms with van der Waals surface area (Å²) in [6, 6.07) is 14.1. The monoisotopic (exact) mass is 617 g/mol. The standard InChI is InChI=1S/C16H16N6O.C16H15N5O2/c1-9(2)10-6-15(22-19-8-10)21-14-4-3-12-13(20-14)5-11(7-18-12)16(17)23;1-9(2)10-6-15(21-18-8-10)20-14-4-3-12-13(19-14)5-11(7-17-12)16(22)23/h3-9H,1-2H3,(H2,17,23)(H,20,21,22);3-9H,1-2H3,(H,22,23)(H,19,20,21). The number of aromatic nitrogens is 8. The van der Waals surface area contributed by atoms with E-state index in [0.717, 1.165) is 11.1 Å². The molecule has 0 bridgehead atoms. The van der Waals surface area contributed by atoms with Gasteiger partial charge in [0.1, 0.15) is 11.6 Å². The summed E-state index contributed by atoms with van der Waals surface area (Å²) in [5.74, 6) is 1.49.